The number of nitrogens with zero attached hydrogens (tertiary/aromatic N) is 2. The fourth-order valence-corrected chi connectivity index (χ4v) is 7.47. The van der Waals surface area contributed by atoms with E-state index in [0.29, 0.717) is 26.8 Å². The van der Waals surface area contributed by atoms with Crippen LogP contribution >= 0.6 is 31.9 Å². The first-order chi connectivity index (χ1) is 14.4. The number of halogens is 2. The molecule has 0 unspecified atom stereocenters. The van der Waals surface area contributed by atoms with E-state index in [9.17, 15) is 10.2 Å². The van der Waals surface area contributed by atoms with Gasteiger partial charge in [-0.1, -0.05) is 0 Å². The number of ether oxygens (including phenoxy) is 2. The van der Waals surface area contributed by atoms with Crippen LogP contribution < -0.4 is 10.2 Å². The van der Waals surface area contributed by atoms with Crippen molar-refractivity contribution in [2.75, 3.05) is 14.2 Å². The van der Waals surface area contributed by atoms with Crippen LogP contribution in [0.15, 0.2) is 54.4 Å². The zero-order valence-electron chi connectivity index (χ0n) is 17.9. The minimum Gasteiger partial charge on any atom is -0.615 e. The Morgan fingerprint density at radius 3 is 1.60 bits per heavy atom. The van der Waals surface area contributed by atoms with Crippen LogP contribution in [0.2, 0.25) is 8.87 Å². The van der Waals surface area contributed by atoms with E-state index in [4.69, 9.17) is 0 Å². The summed E-state index contributed by atoms with van der Waals surface area (Å²) in [5.41, 5.74) is 1.70. The van der Waals surface area contributed by atoms with Gasteiger partial charge in [-0.05, 0) is 58.2 Å². The van der Waals surface area contributed by atoms with E-state index in [2.05, 4.69) is 65.2 Å². The standard InChI is InChI=1S/C13H12Br2N2O4.2C4H9.Sn/c1-20-12(18)10-3-6(14)8(16-10)5-9-7(15)4-11(17-9)13(19)21-2;2*1-3-4-2;/h3-4,18-19H,5H2,1-2H3;2*1,3-4H2,2H3;/q;;;+2/p-2/b12-10+,13-11+;;;. The van der Waals surface area contributed by atoms with E-state index < -0.39 is 11.9 Å². The molecule has 0 aromatic rings. The predicted molar refractivity (Wildman–Crippen MR) is 127 cm³/mol. The Morgan fingerprint density at radius 1 is 0.867 bits per heavy atom. The largest absolute Gasteiger partial charge is 0.615 e. The van der Waals surface area contributed by atoms with Gasteiger partial charge in [0.15, 0.2) is 0 Å². The molecule has 0 atom stereocenters. The molecular formula is C21H28Br2N2O4Sn. The maximum atomic E-state index is 11.4. The van der Waals surface area contributed by atoms with Crippen LogP contribution in [0, 0.1) is 0 Å². The summed E-state index contributed by atoms with van der Waals surface area (Å²) in [4.78, 5) is 8.39. The fourth-order valence-electron chi connectivity index (χ4n) is 2.42. The van der Waals surface area contributed by atoms with E-state index in [-0.39, 0.29) is 32.5 Å². The number of hydrogen-bond donors (Lipinski definition) is 0. The van der Waals surface area contributed by atoms with Crippen LogP contribution in [0.3, 0.4) is 0 Å². The Hall–Kier alpha value is -0.741. The smallest absolute Gasteiger partial charge is 0.0862 e. The summed E-state index contributed by atoms with van der Waals surface area (Å²) in [5.74, 6) is -1.02. The Balaban J connectivity index is 0.000000424. The average Bonchev–Trinajstić information content (AvgIpc) is 3.30. The maximum absolute atomic E-state index is 11.4. The summed E-state index contributed by atoms with van der Waals surface area (Å²) in [7, 11) is 2.59. The van der Waals surface area contributed by atoms with Gasteiger partial charge in [0.25, 0.3) is 0 Å². The van der Waals surface area contributed by atoms with Crippen molar-refractivity contribution in [3.05, 3.63) is 44.4 Å². The van der Waals surface area contributed by atoms with Crippen LogP contribution in [-0.2, 0) is 9.47 Å². The Morgan fingerprint density at radius 2 is 1.27 bits per heavy atom. The number of rotatable bonds is 10. The molecule has 30 heavy (non-hydrogen) atoms. The molecule has 0 aromatic heterocycles. The average molecular weight is 651 g/mol. The molecule has 0 fully saturated rings. The van der Waals surface area contributed by atoms with E-state index in [0.717, 1.165) is 0 Å². The summed E-state index contributed by atoms with van der Waals surface area (Å²) in [6.07, 6.45) is 9.36. The van der Waals surface area contributed by atoms with Crippen molar-refractivity contribution in [1.82, 2.24) is 0 Å². The van der Waals surface area contributed by atoms with Crippen molar-refractivity contribution < 1.29 is 19.7 Å². The fraction of sp³-hybridized carbons (Fsp3) is 0.524. The number of aliphatic imine (C=N–C) groups is 2. The van der Waals surface area contributed by atoms with Gasteiger partial charge in [-0.2, -0.15) is 0 Å². The second kappa shape index (κ2) is 15.1. The number of allylic oxidation sites excluding steroid dienone is 4. The predicted octanol–water partition coefficient (Wildman–Crippen LogP) is 4.32. The molecular weight excluding hydrogens is 623 g/mol. The van der Waals surface area contributed by atoms with Crippen LogP contribution in [0.5, 0.6) is 0 Å². The molecule has 0 spiro atoms. The molecule has 164 valence electrons. The molecule has 2 rings (SSSR count). The van der Waals surface area contributed by atoms with Gasteiger partial charge >= 0.3 is 69.5 Å². The summed E-state index contributed by atoms with van der Waals surface area (Å²) in [6, 6.07) is 0. The number of hydrogen-bond acceptors (Lipinski definition) is 6. The van der Waals surface area contributed by atoms with Gasteiger partial charge in [0.2, 0.25) is 0 Å². The summed E-state index contributed by atoms with van der Waals surface area (Å²) >= 11 is 6.83. The van der Waals surface area contributed by atoms with Crippen LogP contribution in [0.25, 0.3) is 0 Å². The number of methoxy groups -OCH3 is 2. The molecule has 0 saturated heterocycles. The molecule has 0 radical (unpaired) electrons. The van der Waals surface area contributed by atoms with Gasteiger partial charge < -0.3 is 19.7 Å². The van der Waals surface area contributed by atoms with Crippen molar-refractivity contribution in [3.8, 4) is 0 Å². The maximum Gasteiger partial charge on any atom is 0.0862 e. The van der Waals surface area contributed by atoms with Gasteiger partial charge in [-0.15, -0.1) is 0 Å². The third kappa shape index (κ3) is 9.18. The third-order valence-electron chi connectivity index (χ3n) is 4.13. The first-order valence-electron chi connectivity index (χ1n) is 9.89. The Labute approximate surface area is 206 Å². The molecule has 2 aliphatic rings. The summed E-state index contributed by atoms with van der Waals surface area (Å²) in [6.45, 7) is 4.58. The van der Waals surface area contributed by atoms with Crippen molar-refractivity contribution in [3.63, 3.8) is 0 Å². The first kappa shape index (κ1) is 27.3. The van der Waals surface area contributed by atoms with Crippen LogP contribution in [-0.4, -0.2) is 46.8 Å². The molecule has 0 N–H and O–H groups in total. The van der Waals surface area contributed by atoms with Crippen molar-refractivity contribution >= 4 is 64.4 Å². The van der Waals surface area contributed by atoms with E-state index in [1.807, 2.05) is 0 Å². The molecule has 6 nitrogen and oxygen atoms in total. The van der Waals surface area contributed by atoms with Gasteiger partial charge in [0.1, 0.15) is 0 Å². The molecule has 9 heteroatoms. The molecule has 0 bridgehead atoms. The van der Waals surface area contributed by atoms with Gasteiger partial charge in [0, 0.05) is 15.4 Å². The quantitative estimate of drug-likeness (QED) is 0.200. The van der Waals surface area contributed by atoms with E-state index in [1.54, 1.807) is 21.0 Å². The SMILES string of the molecule is CCC[CH2][Sn+2][CH2]CCC.CO/C([O-])=C1\C=C(Br)C(CC2=N/C(=C(\[O-])OC)C=C2Br)=N1. The topological polar surface area (TPSA) is 89.3 Å². The zero-order valence-corrected chi connectivity index (χ0v) is 23.9. The van der Waals surface area contributed by atoms with Crippen LogP contribution in [0.4, 0.5) is 0 Å². The summed E-state index contributed by atoms with van der Waals surface area (Å²) < 4.78 is 13.8. The molecule has 0 aliphatic carbocycles. The van der Waals surface area contributed by atoms with Crippen molar-refractivity contribution in [1.29, 1.82) is 0 Å². The second-order valence-electron chi connectivity index (χ2n) is 6.49. The molecule has 2 aliphatic heterocycles. The number of unbranched alkanes of at least 4 members (excludes halogenated alkanes) is 2. The Bertz CT molecular complexity index is 709. The Kier molecular flexibility index (Phi) is 13.8. The van der Waals surface area contributed by atoms with E-state index in [1.165, 1.54) is 39.9 Å². The minimum absolute atomic E-state index is 0.149. The van der Waals surface area contributed by atoms with Crippen molar-refractivity contribution in [2.24, 2.45) is 9.98 Å². The van der Waals surface area contributed by atoms with Gasteiger partial charge in [0.05, 0.1) is 34.7 Å². The van der Waals surface area contributed by atoms with E-state index >= 15 is 0 Å². The monoisotopic (exact) mass is 650 g/mol. The normalized spacial score (nSPS) is 18.3. The zero-order chi connectivity index (χ0) is 22.5. The second-order valence-corrected chi connectivity index (χ2v) is 12.5. The van der Waals surface area contributed by atoms with Crippen LogP contribution in [0.1, 0.15) is 46.0 Å². The third-order valence-corrected chi connectivity index (χ3v) is 9.54. The molecule has 0 amide bonds. The van der Waals surface area contributed by atoms with Gasteiger partial charge in [-0.3, -0.25) is 0 Å². The summed E-state index contributed by atoms with van der Waals surface area (Å²) in [5, 5.41) is 22.9. The molecule has 0 saturated carbocycles. The molecule has 2 heterocycles. The molecule has 0 aromatic carbocycles. The van der Waals surface area contributed by atoms with Crippen molar-refractivity contribution in [2.45, 2.75) is 54.8 Å². The van der Waals surface area contributed by atoms with Gasteiger partial charge in [-0.25, -0.2) is 9.98 Å². The first-order valence-corrected chi connectivity index (χ1v) is 15.5. The minimum atomic E-state index is -0.508.